The molecule has 1 unspecified atom stereocenters. The van der Waals surface area contributed by atoms with E-state index in [1.54, 1.807) is 17.6 Å². The Labute approximate surface area is 171 Å². The minimum absolute atomic E-state index is 0.317. The van der Waals surface area contributed by atoms with E-state index in [-0.39, 0.29) is 0 Å². The molecule has 0 aromatic carbocycles. The van der Waals surface area contributed by atoms with Crippen LogP contribution < -0.4 is 10.6 Å². The van der Waals surface area contributed by atoms with E-state index in [9.17, 15) is 0 Å². The molecule has 7 nitrogen and oxygen atoms in total. The van der Waals surface area contributed by atoms with Gasteiger partial charge in [-0.25, -0.2) is 4.98 Å². The Morgan fingerprint density at radius 2 is 2.18 bits per heavy atom. The maximum absolute atomic E-state index is 5.41. The fourth-order valence-electron chi connectivity index (χ4n) is 3.05. The molecule has 28 heavy (non-hydrogen) atoms. The van der Waals surface area contributed by atoms with Crippen LogP contribution in [0.15, 0.2) is 39.4 Å². The molecular weight excluding hydrogens is 374 g/mol. The Balaban J connectivity index is 1.44. The number of nitrogens with zero attached hydrogens (tertiary/aromatic N) is 3. The fraction of sp³-hybridized carbons (Fsp3) is 0.600. The van der Waals surface area contributed by atoms with Crippen molar-refractivity contribution in [2.45, 2.75) is 25.7 Å². The molecule has 1 aliphatic heterocycles. The summed E-state index contributed by atoms with van der Waals surface area (Å²) in [4.78, 5) is 11.6. The maximum atomic E-state index is 5.41. The molecular formula is C20H31N5O2S. The number of hydrogen-bond donors (Lipinski definition) is 2. The van der Waals surface area contributed by atoms with Crippen LogP contribution in [-0.4, -0.2) is 68.3 Å². The third-order valence-corrected chi connectivity index (χ3v) is 5.69. The Morgan fingerprint density at radius 3 is 2.93 bits per heavy atom. The van der Waals surface area contributed by atoms with Gasteiger partial charge in [0.2, 0.25) is 0 Å². The number of rotatable bonds is 10. The number of nitrogens with one attached hydrogen (secondary N) is 2. The molecule has 1 atom stereocenters. The molecule has 1 aliphatic rings. The summed E-state index contributed by atoms with van der Waals surface area (Å²) in [5, 5.41) is 10.0. The molecule has 3 rings (SSSR count). The number of morpholine rings is 1. The predicted octanol–water partition coefficient (Wildman–Crippen LogP) is 2.34. The van der Waals surface area contributed by atoms with Crippen molar-refractivity contribution in [2.75, 3.05) is 52.5 Å². The Kier molecular flexibility index (Phi) is 8.80. The second kappa shape index (κ2) is 11.8. The zero-order valence-corrected chi connectivity index (χ0v) is 17.4. The molecule has 0 bridgehead atoms. The van der Waals surface area contributed by atoms with E-state index in [2.05, 4.69) is 27.4 Å². The van der Waals surface area contributed by atoms with Crippen LogP contribution in [0.25, 0.3) is 0 Å². The number of guanidine groups is 1. The lowest BCUT2D eigenvalue weighted by molar-refractivity contribution is 0.0376. The molecule has 3 heterocycles. The third kappa shape index (κ3) is 7.26. The molecule has 0 saturated carbocycles. The number of aromatic nitrogens is 1. The van der Waals surface area contributed by atoms with E-state index >= 15 is 0 Å². The van der Waals surface area contributed by atoms with Gasteiger partial charge in [-0.15, -0.1) is 11.3 Å². The van der Waals surface area contributed by atoms with E-state index in [1.165, 1.54) is 0 Å². The van der Waals surface area contributed by atoms with Crippen molar-refractivity contribution < 1.29 is 9.15 Å². The normalized spacial score (nSPS) is 16.8. The van der Waals surface area contributed by atoms with Gasteiger partial charge in [-0.2, -0.15) is 0 Å². The second-order valence-corrected chi connectivity index (χ2v) is 7.88. The first-order valence-corrected chi connectivity index (χ1v) is 10.9. The SMILES string of the molecule is CC(CN=C(NCCCN1CCOCC1)NCCc1ccco1)c1nccs1. The summed E-state index contributed by atoms with van der Waals surface area (Å²) < 4.78 is 10.8. The molecule has 2 N–H and O–H groups in total. The highest BCUT2D eigenvalue weighted by atomic mass is 32.1. The number of aliphatic imine (C=N–C) groups is 1. The smallest absolute Gasteiger partial charge is 0.191 e. The third-order valence-electron chi connectivity index (χ3n) is 4.69. The van der Waals surface area contributed by atoms with Crippen LogP contribution in [0.4, 0.5) is 0 Å². The molecule has 0 radical (unpaired) electrons. The van der Waals surface area contributed by atoms with Gasteiger partial charge in [0.15, 0.2) is 5.96 Å². The monoisotopic (exact) mass is 405 g/mol. The minimum atomic E-state index is 0.317. The van der Waals surface area contributed by atoms with Crippen LogP contribution >= 0.6 is 11.3 Å². The lowest BCUT2D eigenvalue weighted by Gasteiger charge is -2.26. The van der Waals surface area contributed by atoms with Crippen molar-refractivity contribution in [1.29, 1.82) is 0 Å². The van der Waals surface area contributed by atoms with Crippen molar-refractivity contribution in [3.05, 3.63) is 40.7 Å². The number of ether oxygens (including phenoxy) is 1. The van der Waals surface area contributed by atoms with Crippen molar-refractivity contribution in [2.24, 2.45) is 4.99 Å². The summed E-state index contributed by atoms with van der Waals surface area (Å²) in [6.45, 7) is 9.43. The van der Waals surface area contributed by atoms with Gasteiger partial charge in [-0.1, -0.05) is 6.92 Å². The first-order valence-electron chi connectivity index (χ1n) is 10.1. The van der Waals surface area contributed by atoms with Crippen LogP contribution in [0.3, 0.4) is 0 Å². The first kappa shape index (κ1) is 20.8. The zero-order chi connectivity index (χ0) is 19.4. The molecule has 2 aromatic heterocycles. The van der Waals surface area contributed by atoms with Gasteiger partial charge in [0.25, 0.3) is 0 Å². The minimum Gasteiger partial charge on any atom is -0.469 e. The average Bonchev–Trinajstić information content (AvgIpc) is 3.43. The van der Waals surface area contributed by atoms with Crippen molar-refractivity contribution in [3.63, 3.8) is 0 Å². The van der Waals surface area contributed by atoms with Crippen molar-refractivity contribution in [3.8, 4) is 0 Å². The van der Waals surface area contributed by atoms with Gasteiger partial charge in [0, 0.05) is 50.1 Å². The Hall–Kier alpha value is -1.90. The summed E-state index contributed by atoms with van der Waals surface area (Å²) in [5.41, 5.74) is 0. The van der Waals surface area contributed by atoms with E-state index in [1.807, 2.05) is 23.7 Å². The number of hydrogen-bond acceptors (Lipinski definition) is 6. The molecule has 1 fully saturated rings. The zero-order valence-electron chi connectivity index (χ0n) is 16.6. The second-order valence-electron chi connectivity index (χ2n) is 6.95. The Morgan fingerprint density at radius 1 is 1.32 bits per heavy atom. The summed E-state index contributed by atoms with van der Waals surface area (Å²) in [6, 6.07) is 3.92. The van der Waals surface area contributed by atoms with Gasteiger partial charge in [0.05, 0.1) is 31.0 Å². The highest BCUT2D eigenvalue weighted by Gasteiger charge is 2.10. The maximum Gasteiger partial charge on any atom is 0.191 e. The van der Waals surface area contributed by atoms with Crippen LogP contribution in [-0.2, 0) is 11.2 Å². The van der Waals surface area contributed by atoms with Crippen molar-refractivity contribution in [1.82, 2.24) is 20.5 Å². The topological polar surface area (TPSA) is 74.9 Å². The van der Waals surface area contributed by atoms with Crippen LogP contribution in [0, 0.1) is 0 Å². The first-order chi connectivity index (χ1) is 13.8. The van der Waals surface area contributed by atoms with Gasteiger partial charge >= 0.3 is 0 Å². The fourth-order valence-corrected chi connectivity index (χ4v) is 3.74. The van der Waals surface area contributed by atoms with E-state index in [0.717, 1.165) is 75.5 Å². The van der Waals surface area contributed by atoms with Gasteiger partial charge < -0.3 is 19.8 Å². The average molecular weight is 406 g/mol. The van der Waals surface area contributed by atoms with Crippen LogP contribution in [0.1, 0.15) is 30.0 Å². The van der Waals surface area contributed by atoms with Gasteiger partial charge in [0.1, 0.15) is 5.76 Å². The van der Waals surface area contributed by atoms with Crippen LogP contribution in [0.5, 0.6) is 0 Å². The molecule has 2 aromatic rings. The highest BCUT2D eigenvalue weighted by Crippen LogP contribution is 2.17. The lowest BCUT2D eigenvalue weighted by Crippen LogP contribution is -2.41. The molecule has 0 amide bonds. The molecule has 8 heteroatoms. The molecule has 0 spiro atoms. The predicted molar refractivity (Wildman–Crippen MR) is 113 cm³/mol. The van der Waals surface area contributed by atoms with Gasteiger partial charge in [-0.05, 0) is 25.1 Å². The summed E-state index contributed by atoms with van der Waals surface area (Å²) in [6.07, 6.45) is 5.49. The molecule has 1 saturated heterocycles. The molecule has 0 aliphatic carbocycles. The Bertz CT molecular complexity index is 669. The summed E-state index contributed by atoms with van der Waals surface area (Å²) in [5.74, 6) is 2.16. The highest BCUT2D eigenvalue weighted by molar-refractivity contribution is 7.09. The molecule has 154 valence electrons. The van der Waals surface area contributed by atoms with E-state index in [0.29, 0.717) is 12.5 Å². The number of thiazole rings is 1. The standard InChI is InChI=1S/C20H31N5O2S/c1-17(19-21-8-15-28-19)16-24-20(23-7-5-18-4-2-12-27-18)22-6-3-9-25-10-13-26-14-11-25/h2,4,8,12,15,17H,3,5-7,9-11,13-14,16H2,1H3,(H2,22,23,24). The summed E-state index contributed by atoms with van der Waals surface area (Å²) >= 11 is 1.69. The quantitative estimate of drug-likeness (QED) is 0.359. The van der Waals surface area contributed by atoms with Crippen molar-refractivity contribution >= 4 is 17.3 Å². The number of furan rings is 1. The largest absolute Gasteiger partial charge is 0.469 e. The van der Waals surface area contributed by atoms with Gasteiger partial charge in [-0.3, -0.25) is 9.89 Å². The van der Waals surface area contributed by atoms with E-state index in [4.69, 9.17) is 14.1 Å². The van der Waals surface area contributed by atoms with Crippen LogP contribution in [0.2, 0.25) is 0 Å². The lowest BCUT2D eigenvalue weighted by atomic mass is 10.2. The van der Waals surface area contributed by atoms with E-state index < -0.39 is 0 Å². The summed E-state index contributed by atoms with van der Waals surface area (Å²) in [7, 11) is 0.